The standard InChI is InChI=1S/C22H23NO4/c1-5-18(24)19-20(15-7-9-16(27-4)10-8-15)23(22(26)21(19)25)17-11-6-13(2)12-14(17)3/h6-12,20,25H,5H2,1-4H3. The zero-order valence-electron chi connectivity index (χ0n) is 15.9. The highest BCUT2D eigenvalue weighted by Crippen LogP contribution is 2.42. The quantitative estimate of drug-likeness (QED) is 0.863. The molecule has 5 heteroatoms. The van der Waals surface area contributed by atoms with E-state index in [-0.39, 0.29) is 17.8 Å². The van der Waals surface area contributed by atoms with Gasteiger partial charge in [0.15, 0.2) is 11.5 Å². The number of hydrogen-bond donors (Lipinski definition) is 1. The number of aryl methyl sites for hydroxylation is 2. The van der Waals surface area contributed by atoms with Gasteiger partial charge >= 0.3 is 0 Å². The van der Waals surface area contributed by atoms with E-state index in [0.29, 0.717) is 11.4 Å². The molecule has 1 heterocycles. The van der Waals surface area contributed by atoms with E-state index in [2.05, 4.69) is 0 Å². The van der Waals surface area contributed by atoms with Crippen molar-refractivity contribution in [2.45, 2.75) is 33.2 Å². The normalized spacial score (nSPS) is 16.8. The number of ketones is 1. The van der Waals surface area contributed by atoms with Crippen molar-refractivity contribution >= 4 is 17.4 Å². The van der Waals surface area contributed by atoms with Crippen LogP contribution in [0.15, 0.2) is 53.8 Å². The highest BCUT2D eigenvalue weighted by Gasteiger charge is 2.44. The average molecular weight is 365 g/mol. The van der Waals surface area contributed by atoms with E-state index in [4.69, 9.17) is 4.74 Å². The van der Waals surface area contributed by atoms with Crippen LogP contribution in [-0.2, 0) is 9.59 Å². The number of benzene rings is 2. The first kappa shape index (κ1) is 18.7. The number of aliphatic hydroxyl groups excluding tert-OH is 1. The summed E-state index contributed by atoms with van der Waals surface area (Å²) in [6.07, 6.45) is 0.208. The minimum absolute atomic E-state index is 0.146. The summed E-state index contributed by atoms with van der Waals surface area (Å²) in [5.41, 5.74) is 3.54. The van der Waals surface area contributed by atoms with Crippen LogP contribution in [0.5, 0.6) is 5.75 Å². The Morgan fingerprint density at radius 2 is 1.81 bits per heavy atom. The van der Waals surface area contributed by atoms with Crippen molar-refractivity contribution < 1.29 is 19.4 Å². The number of aliphatic hydroxyl groups is 1. The van der Waals surface area contributed by atoms with Crippen molar-refractivity contribution in [1.82, 2.24) is 0 Å². The number of rotatable bonds is 5. The highest BCUT2D eigenvalue weighted by atomic mass is 16.5. The lowest BCUT2D eigenvalue weighted by atomic mass is 9.94. The molecule has 1 unspecified atom stereocenters. The average Bonchev–Trinajstić information content (AvgIpc) is 2.92. The molecule has 140 valence electrons. The molecule has 2 aromatic rings. The van der Waals surface area contributed by atoms with Gasteiger partial charge in [-0.25, -0.2) is 0 Å². The zero-order chi connectivity index (χ0) is 19.7. The molecule has 0 fully saturated rings. The number of Topliss-reactive ketones (excluding diaryl/α,β-unsaturated/α-hetero) is 1. The van der Waals surface area contributed by atoms with E-state index in [1.165, 1.54) is 4.90 Å². The first-order valence-corrected chi connectivity index (χ1v) is 8.90. The molecule has 0 aromatic heterocycles. The number of methoxy groups -OCH3 is 1. The van der Waals surface area contributed by atoms with Gasteiger partial charge in [0.2, 0.25) is 0 Å². The smallest absolute Gasteiger partial charge is 0.294 e. The van der Waals surface area contributed by atoms with E-state index >= 15 is 0 Å². The molecule has 1 aliphatic heterocycles. The van der Waals surface area contributed by atoms with Crippen molar-refractivity contribution in [3.8, 4) is 5.75 Å². The summed E-state index contributed by atoms with van der Waals surface area (Å²) in [6, 6.07) is 12.3. The third-order valence-electron chi connectivity index (χ3n) is 4.87. The van der Waals surface area contributed by atoms with Crippen LogP contribution in [0, 0.1) is 13.8 Å². The third kappa shape index (κ3) is 3.21. The summed E-state index contributed by atoms with van der Waals surface area (Å²) in [5, 5.41) is 10.5. The van der Waals surface area contributed by atoms with E-state index in [0.717, 1.165) is 16.7 Å². The number of carbonyl (C=O) groups is 2. The molecule has 2 aromatic carbocycles. The maximum atomic E-state index is 12.9. The lowest BCUT2D eigenvalue weighted by molar-refractivity contribution is -0.118. The van der Waals surface area contributed by atoms with E-state index in [1.54, 1.807) is 26.2 Å². The predicted octanol–water partition coefficient (Wildman–Crippen LogP) is 4.19. The van der Waals surface area contributed by atoms with Crippen LogP contribution >= 0.6 is 0 Å². The topological polar surface area (TPSA) is 66.8 Å². The highest BCUT2D eigenvalue weighted by molar-refractivity contribution is 6.16. The monoisotopic (exact) mass is 365 g/mol. The van der Waals surface area contributed by atoms with Gasteiger partial charge in [-0.1, -0.05) is 36.8 Å². The molecule has 5 nitrogen and oxygen atoms in total. The number of amides is 1. The van der Waals surface area contributed by atoms with Gasteiger partial charge in [0, 0.05) is 12.1 Å². The second-order valence-electron chi connectivity index (χ2n) is 6.68. The SMILES string of the molecule is CCC(=O)C1=C(O)C(=O)N(c2ccc(C)cc2C)C1c1ccc(OC)cc1. The first-order chi connectivity index (χ1) is 12.9. The van der Waals surface area contributed by atoms with Crippen LogP contribution in [0.2, 0.25) is 0 Å². The minimum Gasteiger partial charge on any atom is -0.503 e. The fraction of sp³-hybridized carbons (Fsp3) is 0.273. The van der Waals surface area contributed by atoms with Crippen molar-refractivity contribution in [1.29, 1.82) is 0 Å². The Balaban J connectivity index is 2.18. The van der Waals surface area contributed by atoms with Gasteiger partial charge in [0.1, 0.15) is 5.75 Å². The molecule has 0 bridgehead atoms. The van der Waals surface area contributed by atoms with Crippen LogP contribution in [0.3, 0.4) is 0 Å². The third-order valence-corrected chi connectivity index (χ3v) is 4.87. The van der Waals surface area contributed by atoms with Crippen molar-refractivity contribution in [2.75, 3.05) is 12.0 Å². The van der Waals surface area contributed by atoms with E-state index in [1.807, 2.05) is 44.2 Å². The fourth-order valence-corrected chi connectivity index (χ4v) is 3.51. The van der Waals surface area contributed by atoms with Gasteiger partial charge < -0.3 is 9.84 Å². The lowest BCUT2D eigenvalue weighted by Crippen LogP contribution is -2.31. The maximum absolute atomic E-state index is 12.9. The second-order valence-corrected chi connectivity index (χ2v) is 6.68. The largest absolute Gasteiger partial charge is 0.503 e. The molecule has 1 N–H and O–H groups in total. The predicted molar refractivity (Wildman–Crippen MR) is 104 cm³/mol. The molecule has 0 saturated heterocycles. The van der Waals surface area contributed by atoms with Crippen LogP contribution in [0.1, 0.15) is 36.1 Å². The molecule has 0 radical (unpaired) electrons. The molecule has 1 atom stereocenters. The zero-order valence-corrected chi connectivity index (χ0v) is 15.9. The number of carbonyl (C=O) groups excluding carboxylic acids is 2. The van der Waals surface area contributed by atoms with E-state index < -0.39 is 17.7 Å². The Labute approximate surface area is 158 Å². The van der Waals surface area contributed by atoms with Gasteiger partial charge in [-0.05, 0) is 43.2 Å². The summed E-state index contributed by atoms with van der Waals surface area (Å²) in [4.78, 5) is 27.0. The van der Waals surface area contributed by atoms with Crippen molar-refractivity contribution in [3.63, 3.8) is 0 Å². The van der Waals surface area contributed by atoms with Gasteiger partial charge in [0.25, 0.3) is 5.91 Å². The number of hydrogen-bond acceptors (Lipinski definition) is 4. The number of anilines is 1. The van der Waals surface area contributed by atoms with E-state index in [9.17, 15) is 14.7 Å². The Morgan fingerprint density at radius 3 is 2.37 bits per heavy atom. The summed E-state index contributed by atoms with van der Waals surface area (Å²) in [7, 11) is 1.58. The Morgan fingerprint density at radius 1 is 1.15 bits per heavy atom. The van der Waals surface area contributed by atoms with Crippen LogP contribution in [0.4, 0.5) is 5.69 Å². The molecule has 1 aliphatic rings. The molecule has 3 rings (SSSR count). The van der Waals surface area contributed by atoms with Crippen molar-refractivity contribution in [3.05, 3.63) is 70.5 Å². The second kappa shape index (κ2) is 7.27. The number of ether oxygens (including phenoxy) is 1. The molecule has 1 amide bonds. The molecule has 0 spiro atoms. The van der Waals surface area contributed by atoms with Gasteiger partial charge in [0.05, 0.1) is 18.7 Å². The maximum Gasteiger partial charge on any atom is 0.294 e. The summed E-state index contributed by atoms with van der Waals surface area (Å²) in [6.45, 7) is 5.61. The lowest BCUT2D eigenvalue weighted by Gasteiger charge is -2.28. The Kier molecular flexibility index (Phi) is 5.04. The number of nitrogens with zero attached hydrogens (tertiary/aromatic N) is 1. The van der Waals surface area contributed by atoms with Crippen LogP contribution in [0.25, 0.3) is 0 Å². The Bertz CT molecular complexity index is 928. The van der Waals surface area contributed by atoms with Gasteiger partial charge in [-0.2, -0.15) is 0 Å². The summed E-state index contributed by atoms with van der Waals surface area (Å²) < 4.78 is 5.20. The Hall–Kier alpha value is -3.08. The minimum atomic E-state index is -0.669. The van der Waals surface area contributed by atoms with Crippen molar-refractivity contribution in [2.24, 2.45) is 0 Å². The molecule has 0 saturated carbocycles. The summed E-state index contributed by atoms with van der Waals surface area (Å²) >= 11 is 0. The summed E-state index contributed by atoms with van der Waals surface area (Å²) in [5.74, 6) is -0.589. The molecule has 27 heavy (non-hydrogen) atoms. The van der Waals surface area contributed by atoms with Crippen LogP contribution in [-0.4, -0.2) is 23.9 Å². The first-order valence-electron chi connectivity index (χ1n) is 8.90. The van der Waals surface area contributed by atoms with Crippen LogP contribution < -0.4 is 9.64 Å². The fourth-order valence-electron chi connectivity index (χ4n) is 3.51. The van der Waals surface area contributed by atoms with Gasteiger partial charge in [-0.15, -0.1) is 0 Å². The molecular weight excluding hydrogens is 342 g/mol. The molecule has 0 aliphatic carbocycles. The van der Waals surface area contributed by atoms with Gasteiger partial charge in [-0.3, -0.25) is 14.5 Å². The molecular formula is C22H23NO4.